The van der Waals surface area contributed by atoms with Crippen molar-refractivity contribution in [3.05, 3.63) is 57.0 Å². The maximum absolute atomic E-state index is 12.6. The highest BCUT2D eigenvalue weighted by Gasteiger charge is 2.64. The van der Waals surface area contributed by atoms with E-state index in [1.807, 2.05) is 36.4 Å². The number of hydrazone groups is 1. The van der Waals surface area contributed by atoms with Crippen LogP contribution in [0.2, 0.25) is 5.02 Å². The monoisotopic (exact) mass is 504 g/mol. The molecule has 4 rings (SSSR count). The lowest BCUT2D eigenvalue weighted by Gasteiger charge is -2.15. The number of amides is 1. The van der Waals surface area contributed by atoms with Crippen molar-refractivity contribution < 1.29 is 14.3 Å². The van der Waals surface area contributed by atoms with E-state index in [0.29, 0.717) is 29.0 Å². The van der Waals surface area contributed by atoms with Crippen molar-refractivity contribution in [2.45, 2.75) is 39.2 Å². The number of nitrogens with zero attached hydrogens (tertiary/aromatic N) is 1. The minimum absolute atomic E-state index is 0.0274. The molecule has 0 aromatic heterocycles. The van der Waals surface area contributed by atoms with Crippen molar-refractivity contribution in [2.24, 2.45) is 22.4 Å². The number of benzene rings is 2. The number of nitrogens with one attached hydrogen (secondary N) is 1. The lowest BCUT2D eigenvalue weighted by atomic mass is 9.90. The van der Waals surface area contributed by atoms with Gasteiger partial charge in [0.1, 0.15) is 6.61 Å². The van der Waals surface area contributed by atoms with Crippen LogP contribution in [0.3, 0.4) is 0 Å². The first-order valence-corrected chi connectivity index (χ1v) is 11.7. The van der Waals surface area contributed by atoms with Crippen molar-refractivity contribution in [1.82, 2.24) is 5.43 Å². The van der Waals surface area contributed by atoms with Crippen molar-refractivity contribution in [2.75, 3.05) is 7.11 Å². The van der Waals surface area contributed by atoms with Gasteiger partial charge in [-0.2, -0.15) is 5.10 Å². The summed E-state index contributed by atoms with van der Waals surface area (Å²) < 4.78 is 12.2. The third-order valence-electron chi connectivity index (χ3n) is 6.55. The van der Waals surface area contributed by atoms with Gasteiger partial charge in [-0.25, -0.2) is 5.43 Å². The summed E-state index contributed by atoms with van der Waals surface area (Å²) in [5.41, 5.74) is 4.70. The van der Waals surface area contributed by atoms with Crippen molar-refractivity contribution in [3.8, 4) is 11.5 Å². The Labute approximate surface area is 196 Å². The molecule has 0 aliphatic heterocycles. The first kappa shape index (κ1) is 22.2. The Kier molecular flexibility index (Phi) is 6.58. The van der Waals surface area contributed by atoms with E-state index in [-0.39, 0.29) is 17.2 Å². The van der Waals surface area contributed by atoms with Gasteiger partial charge < -0.3 is 9.47 Å². The number of ether oxygens (including phenoxy) is 2. The van der Waals surface area contributed by atoms with Gasteiger partial charge in [0.05, 0.1) is 17.8 Å². The minimum atomic E-state index is 0.0274. The Morgan fingerprint density at radius 1 is 1.32 bits per heavy atom. The highest BCUT2D eigenvalue weighted by molar-refractivity contribution is 9.10. The second-order valence-electron chi connectivity index (χ2n) is 8.52. The van der Waals surface area contributed by atoms with Crippen molar-refractivity contribution in [1.29, 1.82) is 0 Å². The van der Waals surface area contributed by atoms with Crippen LogP contribution in [0.1, 0.15) is 43.7 Å². The highest BCUT2D eigenvalue weighted by Crippen LogP contribution is 2.66. The molecule has 3 atom stereocenters. The van der Waals surface area contributed by atoms with E-state index in [1.54, 1.807) is 13.3 Å². The second-order valence-corrected chi connectivity index (χ2v) is 9.81. The van der Waals surface area contributed by atoms with Gasteiger partial charge in [-0.05, 0) is 75.5 Å². The molecule has 1 N–H and O–H groups in total. The highest BCUT2D eigenvalue weighted by atomic mass is 79.9. The van der Waals surface area contributed by atoms with Crippen LogP contribution in [0, 0.1) is 17.3 Å². The maximum atomic E-state index is 12.6. The first-order valence-electron chi connectivity index (χ1n) is 10.5. The molecule has 2 saturated carbocycles. The number of halogens is 2. The molecular formula is C24H26BrClN2O3. The quantitative estimate of drug-likeness (QED) is 0.373. The number of methoxy groups -OCH3 is 1. The van der Waals surface area contributed by atoms with Gasteiger partial charge in [-0.3, -0.25) is 4.79 Å². The van der Waals surface area contributed by atoms with E-state index in [0.717, 1.165) is 28.4 Å². The summed E-state index contributed by atoms with van der Waals surface area (Å²) in [6.07, 6.45) is 6.37. The summed E-state index contributed by atoms with van der Waals surface area (Å²) in [5.74, 6) is 1.82. The van der Waals surface area contributed by atoms with E-state index >= 15 is 0 Å². The van der Waals surface area contributed by atoms with Crippen LogP contribution in [-0.4, -0.2) is 19.2 Å². The number of carbonyl (C=O) groups is 1. The van der Waals surface area contributed by atoms with Crippen molar-refractivity contribution >= 4 is 39.7 Å². The summed E-state index contributed by atoms with van der Waals surface area (Å²) >= 11 is 9.48. The summed E-state index contributed by atoms with van der Waals surface area (Å²) in [5, 5.41) is 4.87. The Morgan fingerprint density at radius 3 is 2.77 bits per heavy atom. The van der Waals surface area contributed by atoms with Gasteiger partial charge in [0, 0.05) is 10.9 Å². The zero-order valence-electron chi connectivity index (χ0n) is 17.7. The smallest absolute Gasteiger partial charge is 0.244 e. The minimum Gasteiger partial charge on any atom is -0.493 e. The fourth-order valence-corrected chi connectivity index (χ4v) is 5.48. The fourth-order valence-electron chi connectivity index (χ4n) is 4.78. The largest absolute Gasteiger partial charge is 0.493 e. The maximum Gasteiger partial charge on any atom is 0.244 e. The van der Waals surface area contributed by atoms with Crippen LogP contribution < -0.4 is 14.9 Å². The average Bonchev–Trinajstić information content (AvgIpc) is 3.39. The van der Waals surface area contributed by atoms with Crippen LogP contribution in [0.25, 0.3) is 0 Å². The molecule has 31 heavy (non-hydrogen) atoms. The molecule has 0 unspecified atom stereocenters. The van der Waals surface area contributed by atoms with E-state index in [4.69, 9.17) is 21.1 Å². The number of rotatable bonds is 7. The predicted molar refractivity (Wildman–Crippen MR) is 126 cm³/mol. The second kappa shape index (κ2) is 9.21. The van der Waals surface area contributed by atoms with Crippen LogP contribution >= 0.6 is 27.5 Å². The third-order valence-corrected chi connectivity index (χ3v) is 7.39. The van der Waals surface area contributed by atoms with E-state index in [1.165, 1.54) is 12.8 Å². The Balaban J connectivity index is 1.39. The first-order chi connectivity index (χ1) is 14.9. The number of hydrogen-bond donors (Lipinski definition) is 1. The number of hydrogen-bond acceptors (Lipinski definition) is 4. The topological polar surface area (TPSA) is 59.9 Å². The van der Waals surface area contributed by atoms with Crippen LogP contribution in [0.15, 0.2) is 46.0 Å². The van der Waals surface area contributed by atoms with Crippen LogP contribution in [-0.2, 0) is 11.4 Å². The zero-order chi connectivity index (χ0) is 22.0. The number of carbonyl (C=O) groups excluding carboxylic acids is 1. The predicted octanol–water partition coefficient (Wildman–Crippen LogP) is 5.97. The molecule has 2 aromatic carbocycles. The molecule has 2 aromatic rings. The lowest BCUT2D eigenvalue weighted by molar-refractivity contribution is -0.123. The van der Waals surface area contributed by atoms with Crippen LogP contribution in [0.4, 0.5) is 0 Å². The molecule has 2 aliphatic carbocycles. The molecule has 7 heteroatoms. The summed E-state index contributed by atoms with van der Waals surface area (Å²) in [6.45, 7) is 2.62. The van der Waals surface area contributed by atoms with E-state index < -0.39 is 0 Å². The van der Waals surface area contributed by atoms with Gasteiger partial charge in [0.2, 0.25) is 5.91 Å². The molecule has 1 amide bonds. The molecule has 164 valence electrons. The Morgan fingerprint density at radius 2 is 2.10 bits per heavy atom. The molecule has 0 bridgehead atoms. The number of fused-ring (bicyclic) bond motifs is 1. The molecular weight excluding hydrogens is 480 g/mol. The SMILES string of the molecule is COc1cc(/C=N\NC(=O)[C@@H]2[C@@H]3CCCC[C@]23C)cc(Br)c1OCc1ccc(Cl)cc1. The fraction of sp³-hybridized carbons (Fsp3) is 0.417. The van der Waals surface area contributed by atoms with Gasteiger partial charge in [0.15, 0.2) is 11.5 Å². The summed E-state index contributed by atoms with van der Waals surface area (Å²) in [4.78, 5) is 12.6. The van der Waals surface area contributed by atoms with E-state index in [2.05, 4.69) is 33.4 Å². The molecule has 0 radical (unpaired) electrons. The van der Waals surface area contributed by atoms with Gasteiger partial charge in [0.25, 0.3) is 0 Å². The van der Waals surface area contributed by atoms with Gasteiger partial charge in [-0.1, -0.05) is 43.5 Å². The molecule has 5 nitrogen and oxygen atoms in total. The zero-order valence-corrected chi connectivity index (χ0v) is 20.0. The molecule has 2 aliphatic rings. The summed E-state index contributed by atoms with van der Waals surface area (Å²) in [7, 11) is 1.59. The van der Waals surface area contributed by atoms with Gasteiger partial charge >= 0.3 is 0 Å². The normalized spacial score (nSPS) is 24.5. The van der Waals surface area contributed by atoms with Crippen molar-refractivity contribution in [3.63, 3.8) is 0 Å². The molecule has 0 saturated heterocycles. The Hall–Kier alpha value is -2.05. The van der Waals surface area contributed by atoms with E-state index in [9.17, 15) is 4.79 Å². The standard InChI is InChI=1S/C24H26BrClN2O3/c1-24-10-4-3-5-18(24)21(24)23(29)28-27-13-16-11-19(25)22(20(12-16)30-2)31-14-15-6-8-17(26)9-7-15/h6-9,11-13,18,21H,3-5,10,14H2,1-2H3,(H,28,29)/b27-13-/t18-,21-,24-/m0/s1. The lowest BCUT2D eigenvalue weighted by Crippen LogP contribution is -2.22. The molecule has 0 heterocycles. The average molecular weight is 506 g/mol. The summed E-state index contributed by atoms with van der Waals surface area (Å²) in [6, 6.07) is 11.2. The van der Waals surface area contributed by atoms with Crippen LogP contribution in [0.5, 0.6) is 11.5 Å². The molecule has 0 spiro atoms. The molecule has 2 fully saturated rings. The third kappa shape index (κ3) is 4.75. The Bertz CT molecular complexity index is 995. The van der Waals surface area contributed by atoms with Gasteiger partial charge in [-0.15, -0.1) is 0 Å².